The fourth-order valence-corrected chi connectivity index (χ4v) is 3.44. The Kier molecular flexibility index (Phi) is 4.46. The molecule has 1 N–H and O–H groups in total. The van der Waals surface area contributed by atoms with E-state index in [9.17, 15) is 17.6 Å². The third-order valence-electron chi connectivity index (χ3n) is 5.16. The lowest BCUT2D eigenvalue weighted by molar-refractivity contribution is -0.137. The van der Waals surface area contributed by atoms with E-state index in [-0.39, 0.29) is 11.6 Å². The van der Waals surface area contributed by atoms with Gasteiger partial charge in [-0.25, -0.2) is 4.39 Å². The molecule has 0 bridgehead atoms. The van der Waals surface area contributed by atoms with Crippen LogP contribution in [0.3, 0.4) is 0 Å². The molecule has 2 nitrogen and oxygen atoms in total. The summed E-state index contributed by atoms with van der Waals surface area (Å²) in [5.74, 6) is 0. The van der Waals surface area contributed by atoms with Gasteiger partial charge < -0.3 is 5.32 Å². The van der Waals surface area contributed by atoms with Gasteiger partial charge in [-0.1, -0.05) is 6.07 Å². The van der Waals surface area contributed by atoms with Crippen LogP contribution in [0.15, 0.2) is 23.2 Å². The number of alkyl halides is 4. The van der Waals surface area contributed by atoms with Crippen LogP contribution in [0.4, 0.5) is 17.6 Å². The number of nitrogens with zero attached hydrogens (tertiary/aromatic N) is 1. The number of halogens is 4. The average molecular weight is 356 g/mol. The Morgan fingerprint density at radius 1 is 1.12 bits per heavy atom. The molecular formula is C19H24F4N2. The molecule has 1 atom stereocenters. The molecule has 1 aliphatic carbocycles. The van der Waals surface area contributed by atoms with Crippen LogP contribution in [0.2, 0.25) is 0 Å². The SMILES string of the molecule is CC(=NC1(c2cc(C(C)(C)F)cc(C(F)(F)F)c2)CC1)C1CCCN1. The highest BCUT2D eigenvalue weighted by Gasteiger charge is 2.46. The number of hydrogen-bond acceptors (Lipinski definition) is 2. The maximum absolute atomic E-state index is 14.4. The molecule has 1 aromatic rings. The van der Waals surface area contributed by atoms with Crippen LogP contribution < -0.4 is 5.32 Å². The van der Waals surface area contributed by atoms with Crippen molar-refractivity contribution in [1.29, 1.82) is 0 Å². The van der Waals surface area contributed by atoms with Crippen LogP contribution in [0, 0.1) is 0 Å². The molecule has 25 heavy (non-hydrogen) atoms. The summed E-state index contributed by atoms with van der Waals surface area (Å²) >= 11 is 0. The molecule has 0 radical (unpaired) electrons. The van der Waals surface area contributed by atoms with Gasteiger partial charge in [0.05, 0.1) is 11.1 Å². The standard InChI is InChI=1S/C19H24F4N2/c1-12(16-5-4-8-24-16)25-18(6-7-18)14-9-13(17(2,3)20)10-15(11-14)19(21,22)23/h9-11,16,24H,4-8H2,1-3H3. The lowest BCUT2D eigenvalue weighted by Crippen LogP contribution is -2.30. The molecule has 1 aliphatic heterocycles. The van der Waals surface area contributed by atoms with Crippen molar-refractivity contribution in [1.82, 2.24) is 5.32 Å². The topological polar surface area (TPSA) is 24.4 Å². The highest BCUT2D eigenvalue weighted by atomic mass is 19.4. The van der Waals surface area contributed by atoms with Crippen molar-refractivity contribution in [3.63, 3.8) is 0 Å². The molecule has 1 heterocycles. The second-order valence-electron chi connectivity index (χ2n) is 7.70. The lowest BCUT2D eigenvalue weighted by Gasteiger charge is -2.22. The van der Waals surface area contributed by atoms with Crippen LogP contribution in [0.5, 0.6) is 0 Å². The van der Waals surface area contributed by atoms with Crippen molar-refractivity contribution < 1.29 is 17.6 Å². The quantitative estimate of drug-likeness (QED) is 0.588. The molecule has 0 aromatic heterocycles. The highest BCUT2D eigenvalue weighted by Crippen LogP contribution is 2.51. The third-order valence-corrected chi connectivity index (χ3v) is 5.16. The summed E-state index contributed by atoms with van der Waals surface area (Å²) in [6.07, 6.45) is -1.03. The Morgan fingerprint density at radius 3 is 2.24 bits per heavy atom. The Bertz CT molecular complexity index is 643. The van der Waals surface area contributed by atoms with Crippen molar-refractivity contribution in [3.8, 4) is 0 Å². The van der Waals surface area contributed by atoms with Gasteiger partial charge in [0.15, 0.2) is 0 Å². The molecule has 2 aliphatic rings. The van der Waals surface area contributed by atoms with Gasteiger partial charge >= 0.3 is 6.18 Å². The van der Waals surface area contributed by atoms with E-state index in [0.29, 0.717) is 18.4 Å². The molecule has 1 saturated carbocycles. The molecular weight excluding hydrogens is 332 g/mol. The molecule has 1 aromatic carbocycles. The van der Waals surface area contributed by atoms with E-state index in [4.69, 9.17) is 4.99 Å². The molecule has 0 amide bonds. The minimum Gasteiger partial charge on any atom is -0.309 e. The number of rotatable bonds is 4. The van der Waals surface area contributed by atoms with Crippen molar-refractivity contribution in [3.05, 3.63) is 34.9 Å². The molecule has 6 heteroatoms. The Morgan fingerprint density at radius 2 is 1.76 bits per heavy atom. The number of benzene rings is 1. The van der Waals surface area contributed by atoms with E-state index in [0.717, 1.165) is 37.2 Å². The molecule has 3 rings (SSSR count). The predicted octanol–water partition coefficient (Wildman–Crippen LogP) is 5.11. The van der Waals surface area contributed by atoms with Crippen molar-refractivity contribution >= 4 is 5.71 Å². The van der Waals surface area contributed by atoms with Crippen LogP contribution in [0.25, 0.3) is 0 Å². The normalized spacial score (nSPS) is 23.8. The molecule has 0 spiro atoms. The monoisotopic (exact) mass is 356 g/mol. The highest BCUT2D eigenvalue weighted by molar-refractivity contribution is 5.88. The summed E-state index contributed by atoms with van der Waals surface area (Å²) < 4.78 is 54.2. The van der Waals surface area contributed by atoms with Crippen LogP contribution in [0.1, 0.15) is 63.1 Å². The predicted molar refractivity (Wildman–Crippen MR) is 90.6 cm³/mol. The van der Waals surface area contributed by atoms with Gasteiger partial charge in [0.1, 0.15) is 5.67 Å². The smallest absolute Gasteiger partial charge is 0.309 e. The minimum absolute atomic E-state index is 0.0513. The van der Waals surface area contributed by atoms with Gasteiger partial charge in [-0.05, 0) is 76.3 Å². The first kappa shape index (κ1) is 18.4. The Labute approximate surface area is 145 Å². The van der Waals surface area contributed by atoms with Gasteiger partial charge in [0.25, 0.3) is 0 Å². The second kappa shape index (κ2) is 6.08. The zero-order valence-corrected chi connectivity index (χ0v) is 14.8. The van der Waals surface area contributed by atoms with Crippen LogP contribution in [-0.4, -0.2) is 18.3 Å². The van der Waals surface area contributed by atoms with Crippen molar-refractivity contribution in [2.45, 2.75) is 69.9 Å². The van der Waals surface area contributed by atoms with E-state index < -0.39 is 22.9 Å². The van der Waals surface area contributed by atoms with Gasteiger partial charge in [-0.3, -0.25) is 4.99 Å². The fourth-order valence-electron chi connectivity index (χ4n) is 3.44. The average Bonchev–Trinajstić information content (AvgIpc) is 3.08. The summed E-state index contributed by atoms with van der Waals surface area (Å²) in [5, 5.41) is 3.36. The first-order chi connectivity index (χ1) is 11.5. The van der Waals surface area contributed by atoms with Gasteiger partial charge in [0, 0.05) is 11.8 Å². The lowest BCUT2D eigenvalue weighted by atomic mass is 9.92. The van der Waals surface area contributed by atoms with E-state index in [1.165, 1.54) is 13.8 Å². The largest absolute Gasteiger partial charge is 0.416 e. The second-order valence-corrected chi connectivity index (χ2v) is 7.70. The maximum atomic E-state index is 14.4. The summed E-state index contributed by atoms with van der Waals surface area (Å²) in [6.45, 7) is 5.43. The molecule has 1 unspecified atom stereocenters. The zero-order chi connectivity index (χ0) is 18.5. The van der Waals surface area contributed by atoms with Gasteiger partial charge in [-0.15, -0.1) is 0 Å². The van der Waals surface area contributed by atoms with E-state index in [2.05, 4.69) is 5.32 Å². The number of nitrogens with one attached hydrogen (secondary N) is 1. The van der Waals surface area contributed by atoms with E-state index >= 15 is 0 Å². The Balaban J connectivity index is 2.02. The zero-order valence-electron chi connectivity index (χ0n) is 14.8. The summed E-state index contributed by atoms with van der Waals surface area (Å²) in [4.78, 5) is 4.78. The summed E-state index contributed by atoms with van der Waals surface area (Å²) in [5.41, 5.74) is -1.82. The Hall–Kier alpha value is -1.43. The first-order valence-corrected chi connectivity index (χ1v) is 8.73. The van der Waals surface area contributed by atoms with Crippen LogP contribution >= 0.6 is 0 Å². The maximum Gasteiger partial charge on any atom is 0.416 e. The van der Waals surface area contributed by atoms with Crippen LogP contribution in [-0.2, 0) is 17.4 Å². The molecule has 1 saturated heterocycles. The number of aliphatic imine (C=N–C) groups is 1. The van der Waals surface area contributed by atoms with Gasteiger partial charge in [0.2, 0.25) is 0 Å². The van der Waals surface area contributed by atoms with Gasteiger partial charge in [-0.2, -0.15) is 13.2 Å². The first-order valence-electron chi connectivity index (χ1n) is 8.73. The number of hydrogen-bond donors (Lipinski definition) is 1. The van der Waals surface area contributed by atoms with Crippen molar-refractivity contribution in [2.24, 2.45) is 4.99 Å². The minimum atomic E-state index is -4.50. The third kappa shape index (κ3) is 3.89. The molecule has 2 fully saturated rings. The fraction of sp³-hybridized carbons (Fsp3) is 0.632. The summed E-state index contributed by atoms with van der Waals surface area (Å²) in [6, 6.07) is 3.80. The molecule has 138 valence electrons. The van der Waals surface area contributed by atoms with Crippen molar-refractivity contribution in [2.75, 3.05) is 6.54 Å². The van der Waals surface area contributed by atoms with E-state index in [1.54, 1.807) is 6.07 Å². The summed E-state index contributed by atoms with van der Waals surface area (Å²) in [7, 11) is 0. The van der Waals surface area contributed by atoms with E-state index in [1.807, 2.05) is 6.92 Å².